The number of hydrogen-bond acceptors (Lipinski definition) is 4. The Morgan fingerprint density at radius 2 is 1.44 bits per heavy atom. The van der Waals surface area contributed by atoms with Gasteiger partial charge in [0.25, 0.3) is 5.69 Å². The second kappa shape index (κ2) is 8.52. The van der Waals surface area contributed by atoms with Crippen molar-refractivity contribution in [2.75, 3.05) is 0 Å². The van der Waals surface area contributed by atoms with Crippen molar-refractivity contribution in [1.82, 2.24) is 0 Å². The van der Waals surface area contributed by atoms with E-state index in [9.17, 15) is 15.2 Å². The van der Waals surface area contributed by atoms with E-state index in [1.54, 1.807) is 24.3 Å². The van der Waals surface area contributed by atoms with Gasteiger partial charge in [-0.05, 0) is 17.9 Å². The average Bonchev–Trinajstić information content (AvgIpc) is 2.31. The molecule has 0 aliphatic heterocycles. The van der Waals surface area contributed by atoms with Crippen LogP contribution < -0.4 is 34.7 Å². The number of benzene rings is 2. The van der Waals surface area contributed by atoms with E-state index in [1.165, 1.54) is 18.2 Å². The molecule has 18 heavy (non-hydrogen) atoms. The zero-order chi connectivity index (χ0) is 12.7. The van der Waals surface area contributed by atoms with Crippen LogP contribution in [0, 0.1) is 10.1 Å². The topological polar surface area (TPSA) is 86.4 Å². The van der Waals surface area contributed by atoms with Gasteiger partial charge in [0.15, 0.2) is 0 Å². The average molecular weight is 255 g/mol. The van der Waals surface area contributed by atoms with Crippen LogP contribution in [-0.4, -0.2) is 10.0 Å². The Kier molecular flexibility index (Phi) is 7.78. The number of nitro groups is 1. The van der Waals surface area contributed by atoms with Crippen LogP contribution in [0.2, 0.25) is 0 Å². The van der Waals surface area contributed by atoms with E-state index in [1.807, 2.05) is 6.07 Å². The molecule has 0 saturated heterocycles. The van der Waals surface area contributed by atoms with Crippen LogP contribution in [-0.2, 0) is 0 Å². The Morgan fingerprint density at radius 3 is 1.78 bits per heavy atom. The van der Waals surface area contributed by atoms with Gasteiger partial charge in [0.2, 0.25) is 0 Å². The number of aromatic hydroxyl groups is 1. The first-order valence-electron chi connectivity index (χ1n) is 4.75. The van der Waals surface area contributed by atoms with Crippen LogP contribution in [0.25, 0.3) is 0 Å². The SMILES string of the molecule is O=[N+]([O-])c1ccccc1[O-].Oc1ccccc1.[Na+]. The normalized spacial score (nSPS) is 8.44. The predicted molar refractivity (Wildman–Crippen MR) is 60.6 cm³/mol. The van der Waals surface area contributed by atoms with Crippen molar-refractivity contribution in [1.29, 1.82) is 0 Å². The molecule has 0 fully saturated rings. The molecule has 0 bridgehead atoms. The summed E-state index contributed by atoms with van der Waals surface area (Å²) in [7, 11) is 0. The zero-order valence-electron chi connectivity index (χ0n) is 9.82. The monoisotopic (exact) mass is 255 g/mol. The summed E-state index contributed by atoms with van der Waals surface area (Å²) in [5.41, 5.74) is -0.373. The minimum Gasteiger partial charge on any atom is -0.868 e. The first-order valence-corrected chi connectivity index (χ1v) is 4.75. The maximum atomic E-state index is 10.6. The molecule has 0 saturated carbocycles. The van der Waals surface area contributed by atoms with Gasteiger partial charge in [0.05, 0.1) is 4.92 Å². The van der Waals surface area contributed by atoms with E-state index in [4.69, 9.17) is 5.11 Å². The minimum absolute atomic E-state index is 0. The van der Waals surface area contributed by atoms with Gasteiger partial charge < -0.3 is 10.2 Å². The van der Waals surface area contributed by atoms with E-state index < -0.39 is 10.7 Å². The fourth-order valence-corrected chi connectivity index (χ4v) is 1.04. The molecule has 5 nitrogen and oxygen atoms in total. The maximum absolute atomic E-state index is 10.6. The Morgan fingerprint density at radius 1 is 0.944 bits per heavy atom. The number of para-hydroxylation sites is 3. The second-order valence-corrected chi connectivity index (χ2v) is 3.06. The van der Waals surface area contributed by atoms with Gasteiger partial charge in [-0.25, -0.2) is 0 Å². The molecular weight excluding hydrogens is 245 g/mol. The molecule has 0 heterocycles. The molecule has 0 amide bonds. The van der Waals surface area contributed by atoms with Crippen LogP contribution in [0.15, 0.2) is 54.6 Å². The predicted octanol–water partition coefficient (Wildman–Crippen LogP) is -0.935. The quantitative estimate of drug-likeness (QED) is 0.405. The summed E-state index contributed by atoms with van der Waals surface area (Å²) in [5, 5.41) is 29.3. The third-order valence-electron chi connectivity index (χ3n) is 1.82. The molecule has 0 aliphatic carbocycles. The van der Waals surface area contributed by atoms with Crippen molar-refractivity contribution in [3.8, 4) is 11.5 Å². The summed E-state index contributed by atoms with van der Waals surface area (Å²) < 4.78 is 0. The standard InChI is InChI=1S/C6H5NO3.C6H6O.Na/c8-6-4-2-1-3-5(6)7(9)10;7-6-4-2-1-3-5-6;/h1-4,8H;1-5,7H;/q;;+1/p-1. The van der Waals surface area contributed by atoms with Crippen LogP contribution in [0.1, 0.15) is 0 Å². The molecule has 0 atom stereocenters. The van der Waals surface area contributed by atoms with E-state index in [-0.39, 0.29) is 35.2 Å². The first-order chi connectivity index (χ1) is 8.11. The maximum Gasteiger partial charge on any atom is 1.00 e. The van der Waals surface area contributed by atoms with Crippen molar-refractivity contribution < 1.29 is 44.7 Å². The summed E-state index contributed by atoms with van der Waals surface area (Å²) in [6.45, 7) is 0. The van der Waals surface area contributed by atoms with E-state index in [0.29, 0.717) is 5.75 Å². The van der Waals surface area contributed by atoms with Crippen LogP contribution in [0.3, 0.4) is 0 Å². The van der Waals surface area contributed by atoms with Gasteiger partial charge >= 0.3 is 29.6 Å². The van der Waals surface area contributed by atoms with Crippen molar-refractivity contribution in [2.24, 2.45) is 0 Å². The fourth-order valence-electron chi connectivity index (χ4n) is 1.04. The smallest absolute Gasteiger partial charge is 0.868 e. The van der Waals surface area contributed by atoms with Gasteiger partial charge in [-0.2, -0.15) is 0 Å². The Bertz CT molecular complexity index is 490. The molecule has 0 spiro atoms. The van der Waals surface area contributed by atoms with Crippen LogP contribution >= 0.6 is 0 Å². The second-order valence-electron chi connectivity index (χ2n) is 3.06. The van der Waals surface area contributed by atoms with E-state index >= 15 is 0 Å². The van der Waals surface area contributed by atoms with E-state index in [0.717, 1.165) is 6.07 Å². The Labute approximate surface area is 126 Å². The zero-order valence-corrected chi connectivity index (χ0v) is 11.8. The molecule has 0 aliphatic rings. The molecule has 88 valence electrons. The number of phenolic OH excluding ortho intramolecular Hbond substituents is 1. The van der Waals surface area contributed by atoms with Crippen LogP contribution in [0.4, 0.5) is 5.69 Å². The molecule has 1 N–H and O–H groups in total. The summed E-state index contributed by atoms with van der Waals surface area (Å²) in [4.78, 5) is 9.34. The first kappa shape index (κ1) is 16.4. The molecule has 0 unspecified atom stereocenters. The van der Waals surface area contributed by atoms with Gasteiger partial charge in [-0.3, -0.25) is 10.1 Å². The van der Waals surface area contributed by atoms with Gasteiger partial charge in [0.1, 0.15) is 5.75 Å². The Hall–Kier alpha value is -1.56. The van der Waals surface area contributed by atoms with Gasteiger partial charge in [0, 0.05) is 6.07 Å². The van der Waals surface area contributed by atoms with Gasteiger partial charge in [-0.15, -0.1) is 0 Å². The van der Waals surface area contributed by atoms with Crippen molar-refractivity contribution >= 4 is 5.69 Å². The summed E-state index contributed by atoms with van der Waals surface area (Å²) in [6, 6.07) is 14.0. The minimum atomic E-state index is -0.692. The largest absolute Gasteiger partial charge is 1.00 e. The Balaban J connectivity index is 0.000000321. The van der Waals surface area contributed by atoms with Crippen molar-refractivity contribution in [2.45, 2.75) is 0 Å². The van der Waals surface area contributed by atoms with Crippen LogP contribution in [0.5, 0.6) is 11.5 Å². The number of rotatable bonds is 1. The molecule has 2 aromatic rings. The number of phenols is 1. The van der Waals surface area contributed by atoms with Crippen molar-refractivity contribution in [3.63, 3.8) is 0 Å². The molecule has 0 radical (unpaired) electrons. The molecule has 6 heteroatoms. The molecule has 2 rings (SSSR count). The number of nitro benzene ring substituents is 1. The summed E-state index contributed by atoms with van der Waals surface area (Å²) in [5.74, 6) is -0.227. The summed E-state index contributed by atoms with van der Waals surface area (Å²) >= 11 is 0. The third kappa shape index (κ3) is 5.67. The molecule has 2 aromatic carbocycles. The fraction of sp³-hybridized carbons (Fsp3) is 0. The van der Waals surface area contributed by atoms with Crippen molar-refractivity contribution in [3.05, 3.63) is 64.7 Å². The summed E-state index contributed by atoms with van der Waals surface area (Å²) in [6.07, 6.45) is 0. The van der Waals surface area contributed by atoms with E-state index in [2.05, 4.69) is 0 Å². The molecular formula is C12H10NNaO4. The third-order valence-corrected chi connectivity index (χ3v) is 1.82. The van der Waals surface area contributed by atoms with Gasteiger partial charge in [-0.1, -0.05) is 36.4 Å². The number of hydrogen-bond donors (Lipinski definition) is 1. The number of nitrogens with zero attached hydrogens (tertiary/aromatic N) is 1. The molecule has 0 aromatic heterocycles.